The summed E-state index contributed by atoms with van der Waals surface area (Å²) in [4.78, 5) is 13.5. The first kappa shape index (κ1) is 13.7. The van der Waals surface area contributed by atoms with E-state index in [1.165, 1.54) is 5.56 Å². The zero-order valence-electron chi connectivity index (χ0n) is 10.8. The molecule has 0 unspecified atom stereocenters. The van der Waals surface area contributed by atoms with Crippen molar-refractivity contribution in [2.75, 3.05) is 27.2 Å². The third kappa shape index (κ3) is 6.74. The van der Waals surface area contributed by atoms with Gasteiger partial charge in [0.2, 0.25) is 5.91 Å². The van der Waals surface area contributed by atoms with Crippen LogP contribution in [-0.4, -0.2) is 38.0 Å². The van der Waals surface area contributed by atoms with E-state index in [2.05, 4.69) is 22.3 Å². The molecule has 1 rings (SSSR count). The van der Waals surface area contributed by atoms with Crippen LogP contribution in [-0.2, 0) is 11.2 Å². The topological polar surface area (TPSA) is 32.3 Å². The number of benzene rings is 1. The number of amides is 1. The SMILES string of the molecule is CN(C)CCNC(=O)CCCc1ccccc1. The molecule has 1 aromatic rings. The molecule has 0 saturated heterocycles. The molecule has 0 saturated carbocycles. The summed E-state index contributed by atoms with van der Waals surface area (Å²) in [6.07, 6.45) is 2.50. The molecule has 0 aliphatic rings. The highest BCUT2D eigenvalue weighted by Gasteiger charge is 2.01. The minimum Gasteiger partial charge on any atom is -0.355 e. The van der Waals surface area contributed by atoms with Gasteiger partial charge >= 0.3 is 0 Å². The molecule has 0 aliphatic heterocycles. The maximum absolute atomic E-state index is 11.5. The van der Waals surface area contributed by atoms with Crippen molar-refractivity contribution in [3.05, 3.63) is 35.9 Å². The zero-order chi connectivity index (χ0) is 12.5. The number of hydrogen-bond acceptors (Lipinski definition) is 2. The molecule has 17 heavy (non-hydrogen) atoms. The molecule has 0 fully saturated rings. The van der Waals surface area contributed by atoms with Crippen LogP contribution in [0, 0.1) is 0 Å². The van der Waals surface area contributed by atoms with Gasteiger partial charge in [-0.2, -0.15) is 0 Å². The van der Waals surface area contributed by atoms with Crippen LogP contribution in [0.4, 0.5) is 0 Å². The predicted octanol–water partition coefficient (Wildman–Crippen LogP) is 1.69. The molecular weight excluding hydrogens is 212 g/mol. The summed E-state index contributed by atoms with van der Waals surface area (Å²) in [6.45, 7) is 1.63. The van der Waals surface area contributed by atoms with E-state index >= 15 is 0 Å². The molecule has 3 heteroatoms. The zero-order valence-corrected chi connectivity index (χ0v) is 10.8. The van der Waals surface area contributed by atoms with Crippen molar-refractivity contribution in [3.8, 4) is 0 Å². The van der Waals surface area contributed by atoms with Crippen LogP contribution in [0.1, 0.15) is 18.4 Å². The molecule has 0 aromatic heterocycles. The smallest absolute Gasteiger partial charge is 0.220 e. The first-order valence-electron chi connectivity index (χ1n) is 6.14. The number of rotatable bonds is 7. The number of carbonyl (C=O) groups is 1. The average Bonchev–Trinajstić information content (AvgIpc) is 2.30. The summed E-state index contributed by atoms with van der Waals surface area (Å²) in [5, 5.41) is 2.92. The summed E-state index contributed by atoms with van der Waals surface area (Å²) >= 11 is 0. The molecule has 0 radical (unpaired) electrons. The quantitative estimate of drug-likeness (QED) is 0.778. The second-order valence-corrected chi connectivity index (χ2v) is 4.49. The first-order chi connectivity index (χ1) is 8.18. The van der Waals surface area contributed by atoms with Crippen molar-refractivity contribution in [1.29, 1.82) is 0 Å². The number of nitrogens with one attached hydrogen (secondary N) is 1. The van der Waals surface area contributed by atoms with Crippen LogP contribution in [0.3, 0.4) is 0 Å². The van der Waals surface area contributed by atoms with E-state index in [9.17, 15) is 4.79 Å². The van der Waals surface area contributed by atoms with E-state index in [4.69, 9.17) is 0 Å². The van der Waals surface area contributed by atoms with Gasteiger partial charge in [-0.3, -0.25) is 4.79 Å². The highest BCUT2D eigenvalue weighted by molar-refractivity contribution is 5.75. The van der Waals surface area contributed by atoms with E-state index in [0.717, 1.165) is 25.9 Å². The molecule has 0 bridgehead atoms. The second-order valence-electron chi connectivity index (χ2n) is 4.49. The van der Waals surface area contributed by atoms with Gasteiger partial charge in [-0.15, -0.1) is 0 Å². The summed E-state index contributed by atoms with van der Waals surface area (Å²) in [6, 6.07) is 10.3. The molecule has 0 atom stereocenters. The summed E-state index contributed by atoms with van der Waals surface area (Å²) < 4.78 is 0. The lowest BCUT2D eigenvalue weighted by molar-refractivity contribution is -0.121. The van der Waals surface area contributed by atoms with Crippen LogP contribution >= 0.6 is 0 Å². The monoisotopic (exact) mass is 234 g/mol. The molecule has 1 amide bonds. The Hall–Kier alpha value is -1.35. The van der Waals surface area contributed by atoms with Crippen LogP contribution < -0.4 is 5.32 Å². The molecule has 0 spiro atoms. The molecule has 3 nitrogen and oxygen atoms in total. The molecule has 1 N–H and O–H groups in total. The summed E-state index contributed by atoms with van der Waals surface area (Å²) in [5.74, 6) is 0.155. The van der Waals surface area contributed by atoms with Gasteiger partial charge in [0.15, 0.2) is 0 Å². The van der Waals surface area contributed by atoms with Crippen LogP contribution in [0.2, 0.25) is 0 Å². The van der Waals surface area contributed by atoms with Crippen molar-refractivity contribution < 1.29 is 4.79 Å². The van der Waals surface area contributed by atoms with Gasteiger partial charge in [0.1, 0.15) is 0 Å². The molecule has 94 valence electrons. The van der Waals surface area contributed by atoms with Crippen LogP contribution in [0.25, 0.3) is 0 Å². The van der Waals surface area contributed by atoms with Crippen LogP contribution in [0.15, 0.2) is 30.3 Å². The Kier molecular flexibility index (Phi) is 6.33. The Bertz CT molecular complexity index is 322. The van der Waals surface area contributed by atoms with E-state index in [-0.39, 0.29) is 5.91 Å². The standard InChI is InChI=1S/C14H22N2O/c1-16(2)12-11-15-14(17)10-6-9-13-7-4-3-5-8-13/h3-5,7-8H,6,9-12H2,1-2H3,(H,15,17). The van der Waals surface area contributed by atoms with Crippen molar-refractivity contribution in [2.24, 2.45) is 0 Å². The van der Waals surface area contributed by atoms with Gasteiger partial charge in [-0.25, -0.2) is 0 Å². The van der Waals surface area contributed by atoms with Gasteiger partial charge in [-0.1, -0.05) is 30.3 Å². The Labute approximate surface area is 104 Å². The van der Waals surface area contributed by atoms with Crippen LogP contribution in [0.5, 0.6) is 0 Å². The van der Waals surface area contributed by atoms with E-state index in [0.29, 0.717) is 6.42 Å². The van der Waals surface area contributed by atoms with Crippen molar-refractivity contribution in [1.82, 2.24) is 10.2 Å². The highest BCUT2D eigenvalue weighted by Crippen LogP contribution is 2.04. The van der Waals surface area contributed by atoms with Crippen molar-refractivity contribution in [3.63, 3.8) is 0 Å². The largest absolute Gasteiger partial charge is 0.355 e. The fourth-order valence-corrected chi connectivity index (χ4v) is 1.61. The van der Waals surface area contributed by atoms with E-state index in [1.807, 2.05) is 32.3 Å². The number of nitrogens with zero attached hydrogens (tertiary/aromatic N) is 1. The Morgan fingerprint density at radius 3 is 2.59 bits per heavy atom. The average molecular weight is 234 g/mol. The number of likely N-dealkylation sites (N-methyl/N-ethyl adjacent to an activating group) is 1. The summed E-state index contributed by atoms with van der Waals surface area (Å²) in [5.41, 5.74) is 1.30. The van der Waals surface area contributed by atoms with Gasteiger partial charge in [-0.05, 0) is 32.5 Å². The van der Waals surface area contributed by atoms with Crippen molar-refractivity contribution >= 4 is 5.91 Å². The fourth-order valence-electron chi connectivity index (χ4n) is 1.61. The molecule has 0 heterocycles. The maximum Gasteiger partial charge on any atom is 0.220 e. The predicted molar refractivity (Wildman–Crippen MR) is 70.9 cm³/mol. The lowest BCUT2D eigenvalue weighted by atomic mass is 10.1. The maximum atomic E-state index is 11.5. The number of aryl methyl sites for hydroxylation is 1. The Morgan fingerprint density at radius 1 is 1.24 bits per heavy atom. The third-order valence-corrected chi connectivity index (χ3v) is 2.59. The van der Waals surface area contributed by atoms with E-state index in [1.54, 1.807) is 0 Å². The third-order valence-electron chi connectivity index (χ3n) is 2.59. The second kappa shape index (κ2) is 7.85. The highest BCUT2D eigenvalue weighted by atomic mass is 16.1. The van der Waals surface area contributed by atoms with Gasteiger partial charge in [0.25, 0.3) is 0 Å². The van der Waals surface area contributed by atoms with Crippen molar-refractivity contribution in [2.45, 2.75) is 19.3 Å². The lowest BCUT2D eigenvalue weighted by Gasteiger charge is -2.10. The fraction of sp³-hybridized carbons (Fsp3) is 0.500. The number of hydrogen-bond donors (Lipinski definition) is 1. The minimum absolute atomic E-state index is 0.155. The van der Waals surface area contributed by atoms with Gasteiger partial charge < -0.3 is 10.2 Å². The first-order valence-corrected chi connectivity index (χ1v) is 6.14. The molecule has 0 aliphatic carbocycles. The Morgan fingerprint density at radius 2 is 1.94 bits per heavy atom. The number of carbonyl (C=O) groups excluding carboxylic acids is 1. The molecule has 1 aromatic carbocycles. The van der Waals surface area contributed by atoms with E-state index < -0.39 is 0 Å². The molecular formula is C14H22N2O. The lowest BCUT2D eigenvalue weighted by Crippen LogP contribution is -2.31. The Balaban J connectivity index is 2.08. The van der Waals surface area contributed by atoms with Gasteiger partial charge in [0, 0.05) is 19.5 Å². The normalized spacial score (nSPS) is 10.5. The summed E-state index contributed by atoms with van der Waals surface area (Å²) in [7, 11) is 4.00. The minimum atomic E-state index is 0.155. The van der Waals surface area contributed by atoms with Gasteiger partial charge in [0.05, 0.1) is 0 Å².